The molecular weight excluding hydrogens is 965 g/mol. The van der Waals surface area contributed by atoms with E-state index in [-0.39, 0.29) is 18.7 Å². The molecule has 11 rings (SSSR count). The average Bonchev–Trinajstić information content (AvgIpc) is 4.10. The lowest BCUT2D eigenvalue weighted by atomic mass is 9.71. The number of imide groups is 2. The van der Waals surface area contributed by atoms with Gasteiger partial charge in [-0.2, -0.15) is 10.1 Å². The summed E-state index contributed by atoms with van der Waals surface area (Å²) in [6, 6.07) is 14.8. The summed E-state index contributed by atoms with van der Waals surface area (Å²) in [6.45, 7) is 10.4. The predicted molar refractivity (Wildman–Crippen MR) is 284 cm³/mol. The van der Waals surface area contributed by atoms with E-state index in [0.717, 1.165) is 117 Å². The van der Waals surface area contributed by atoms with Crippen LogP contribution in [-0.4, -0.2) is 125 Å². The Labute approximate surface area is 430 Å². The van der Waals surface area contributed by atoms with Gasteiger partial charge in [-0.1, -0.05) is 17.7 Å². The highest BCUT2D eigenvalue weighted by molar-refractivity contribution is 7.70. The number of rotatable bonds is 13. The van der Waals surface area contributed by atoms with Gasteiger partial charge in [-0.15, -0.1) is 0 Å². The second-order valence-corrected chi connectivity index (χ2v) is 25.0. The number of anilines is 6. The molecule has 1 atom stereocenters. The molecule has 7 heterocycles. The third kappa shape index (κ3) is 9.95. The number of hydrogen-bond acceptors (Lipinski definition) is 14. The third-order valence-electron chi connectivity index (χ3n) is 16.2. The number of hydrogen-bond donors (Lipinski definition) is 3. The fourth-order valence-corrected chi connectivity index (χ4v) is 13.1. The molecular formula is C54H63ClN11O6P. The summed E-state index contributed by atoms with van der Waals surface area (Å²) in [4.78, 5) is 68.8. The van der Waals surface area contributed by atoms with Gasteiger partial charge in [0.1, 0.15) is 24.0 Å². The van der Waals surface area contributed by atoms with Crippen LogP contribution >= 0.6 is 18.7 Å². The highest BCUT2D eigenvalue weighted by Gasteiger charge is 2.45. The average molecular weight is 1030 g/mol. The number of piperidine rings is 4. The van der Waals surface area contributed by atoms with Crippen LogP contribution < -0.4 is 35.8 Å². The van der Waals surface area contributed by atoms with Crippen LogP contribution in [0.4, 0.5) is 34.5 Å². The summed E-state index contributed by atoms with van der Waals surface area (Å²) >= 11 is 6.69. The highest BCUT2D eigenvalue weighted by Crippen LogP contribution is 2.48. The van der Waals surface area contributed by atoms with E-state index in [1.165, 1.54) is 18.4 Å². The summed E-state index contributed by atoms with van der Waals surface area (Å²) in [5, 5.41) is 14.7. The molecule has 1 aliphatic carbocycles. The van der Waals surface area contributed by atoms with Gasteiger partial charge in [-0.05, 0) is 143 Å². The van der Waals surface area contributed by atoms with E-state index in [0.29, 0.717) is 62.3 Å². The second kappa shape index (κ2) is 19.5. The van der Waals surface area contributed by atoms with E-state index in [1.54, 1.807) is 38.8 Å². The van der Waals surface area contributed by atoms with Crippen molar-refractivity contribution in [3.8, 4) is 16.9 Å². The summed E-state index contributed by atoms with van der Waals surface area (Å²) in [5.74, 6) is 0.564. The van der Waals surface area contributed by atoms with Gasteiger partial charge < -0.3 is 34.6 Å². The van der Waals surface area contributed by atoms with Gasteiger partial charge in [0.2, 0.25) is 17.8 Å². The molecule has 3 N–H and O–H groups in total. The normalized spacial score (nSPS) is 20.7. The molecule has 1 saturated carbocycles. The molecule has 1 unspecified atom stereocenters. The Morgan fingerprint density at radius 2 is 1.55 bits per heavy atom. The van der Waals surface area contributed by atoms with Gasteiger partial charge in [-0.3, -0.25) is 34.1 Å². The molecule has 5 aromatic rings. The fraction of sp³-hybridized carbons (Fsp3) is 0.463. The lowest BCUT2D eigenvalue weighted by Crippen LogP contribution is -2.54. The molecule has 0 radical (unpaired) electrons. The molecule has 6 aliphatic rings. The number of benzene rings is 3. The van der Waals surface area contributed by atoms with E-state index >= 15 is 0 Å². The molecule has 2 aromatic heterocycles. The van der Waals surface area contributed by atoms with Crippen LogP contribution in [-0.2, 0) is 21.2 Å². The zero-order valence-electron chi connectivity index (χ0n) is 42.0. The van der Waals surface area contributed by atoms with Crippen molar-refractivity contribution < 1.29 is 28.5 Å². The number of methoxy groups -OCH3 is 1. The first-order chi connectivity index (χ1) is 35.1. The van der Waals surface area contributed by atoms with Crippen LogP contribution in [0.25, 0.3) is 11.1 Å². The van der Waals surface area contributed by atoms with Gasteiger partial charge in [-0.25, -0.2) is 4.98 Å². The maximum Gasteiger partial charge on any atom is 0.262 e. The Morgan fingerprint density at radius 1 is 0.808 bits per heavy atom. The molecule has 4 saturated heterocycles. The van der Waals surface area contributed by atoms with E-state index in [4.69, 9.17) is 21.3 Å². The minimum absolute atomic E-state index is 0.0942. The summed E-state index contributed by atoms with van der Waals surface area (Å²) in [5.41, 5.74) is 7.59. The van der Waals surface area contributed by atoms with Crippen molar-refractivity contribution in [2.45, 2.75) is 76.2 Å². The zero-order valence-corrected chi connectivity index (χ0v) is 43.6. The number of ether oxygens (including phenoxy) is 1. The second-order valence-electron chi connectivity index (χ2n) is 21.4. The number of amides is 4. The Bertz CT molecular complexity index is 3050. The molecule has 3 aromatic carbocycles. The monoisotopic (exact) mass is 1030 g/mol. The summed E-state index contributed by atoms with van der Waals surface area (Å²) in [7, 11) is 0.971. The molecule has 4 amide bonds. The van der Waals surface area contributed by atoms with E-state index in [1.807, 2.05) is 36.3 Å². The Morgan fingerprint density at radius 3 is 2.23 bits per heavy atom. The van der Waals surface area contributed by atoms with Crippen molar-refractivity contribution >= 4 is 82.2 Å². The topological polar surface area (TPSA) is 187 Å². The van der Waals surface area contributed by atoms with Crippen molar-refractivity contribution in [3.63, 3.8) is 0 Å². The maximum absolute atomic E-state index is 13.5. The first-order valence-corrected chi connectivity index (χ1v) is 28.6. The van der Waals surface area contributed by atoms with Crippen LogP contribution in [0.2, 0.25) is 5.02 Å². The molecule has 73 heavy (non-hydrogen) atoms. The van der Waals surface area contributed by atoms with Gasteiger partial charge in [0, 0.05) is 86.3 Å². The summed E-state index contributed by atoms with van der Waals surface area (Å²) in [6.07, 6.45) is 14.7. The van der Waals surface area contributed by atoms with Crippen molar-refractivity contribution in [3.05, 3.63) is 88.8 Å². The number of carbonyl (C=O) groups is 4. The largest absolute Gasteiger partial charge is 0.494 e. The number of halogens is 1. The molecule has 5 aliphatic heterocycles. The Balaban J connectivity index is 0.711. The zero-order chi connectivity index (χ0) is 50.8. The summed E-state index contributed by atoms with van der Waals surface area (Å²) < 4.78 is 21.4. The van der Waals surface area contributed by atoms with Gasteiger partial charge >= 0.3 is 0 Å². The molecule has 0 bridgehead atoms. The third-order valence-corrected chi connectivity index (χ3v) is 18.0. The van der Waals surface area contributed by atoms with E-state index in [2.05, 4.69) is 65.0 Å². The number of aromatic nitrogens is 4. The Hall–Kier alpha value is -6.29. The molecule has 17 nitrogen and oxygen atoms in total. The van der Waals surface area contributed by atoms with Gasteiger partial charge in [0.25, 0.3) is 11.8 Å². The minimum atomic E-state index is -2.63. The van der Waals surface area contributed by atoms with Crippen LogP contribution in [0.15, 0.2) is 67.1 Å². The number of fused-ring (bicyclic) bond motifs is 1. The smallest absolute Gasteiger partial charge is 0.262 e. The number of likely N-dealkylation sites (tertiary alicyclic amines) is 1. The van der Waals surface area contributed by atoms with Crippen LogP contribution in [0, 0.1) is 11.3 Å². The number of nitrogens with zero attached hydrogens (tertiary/aromatic N) is 8. The van der Waals surface area contributed by atoms with Crippen LogP contribution in [0.3, 0.4) is 0 Å². The maximum atomic E-state index is 13.5. The first kappa shape index (κ1) is 48.9. The van der Waals surface area contributed by atoms with Crippen LogP contribution in [0.1, 0.15) is 96.4 Å². The fourth-order valence-electron chi connectivity index (χ4n) is 11.7. The number of nitrogens with one attached hydrogen (secondary N) is 3. The lowest BCUT2D eigenvalue weighted by molar-refractivity contribution is -0.136. The molecule has 1 spiro atoms. The number of aryl methyl sites for hydroxylation is 1. The SMILES string of the molecule is COc1cc(N2CCC3(CCN(CC4CCN(c5ccc6c(c5)C(=O)N(C5CCC(=O)NC5=O)C6=O)CC4)CC3)CC2)c(-c2cnn(C)c2)cc1Nc1ncc(Cl)c(Nc2ccc(C3CC3)cc2P(C)(C)=O)n1. The Kier molecular flexibility index (Phi) is 13.1. The van der Waals surface area contributed by atoms with E-state index < -0.39 is 30.9 Å². The van der Waals surface area contributed by atoms with Gasteiger partial charge in [0.15, 0.2) is 5.82 Å². The first-order valence-electron chi connectivity index (χ1n) is 25.7. The lowest BCUT2D eigenvalue weighted by Gasteiger charge is -2.48. The molecule has 5 fully saturated rings. The predicted octanol–water partition coefficient (Wildman–Crippen LogP) is 8.15. The quantitative estimate of drug-likeness (QED) is 0.0758. The molecule has 19 heteroatoms. The minimum Gasteiger partial charge on any atom is -0.494 e. The van der Waals surface area contributed by atoms with Crippen molar-refractivity contribution in [1.82, 2.24) is 34.9 Å². The number of carbonyl (C=O) groups excluding carboxylic acids is 4. The highest BCUT2D eigenvalue weighted by atomic mass is 35.5. The van der Waals surface area contributed by atoms with Crippen molar-refractivity contribution in [2.24, 2.45) is 18.4 Å². The van der Waals surface area contributed by atoms with Crippen molar-refractivity contribution in [2.75, 3.05) is 86.7 Å². The van der Waals surface area contributed by atoms with E-state index in [9.17, 15) is 23.7 Å². The van der Waals surface area contributed by atoms with Crippen molar-refractivity contribution in [1.29, 1.82) is 0 Å². The van der Waals surface area contributed by atoms with Crippen LogP contribution in [0.5, 0.6) is 5.75 Å². The van der Waals surface area contributed by atoms with Gasteiger partial charge in [0.05, 0.1) is 42.0 Å². The standard InChI is InChI=1S/C54H63ClN11O6P/c1-62-32-36(29-57-62)39-27-43(59-53-56-30-41(55)49(61-53)58-42-10-7-35(34-5-6-34)25-47(42)73(3,4)71)46(72-2)28-45(39)65-23-17-54(18-24-65)15-21-63(22-16-54)31-33-13-19-64(20-14-33)37-8-9-38-40(26-37)52(70)66(51(38)69)44-11-12-48(67)60-50(44)68/h7-10,25-30,32-34,44H,5-6,11-24,31H2,1-4H3,(H,60,67,68)(H2,56,58,59,61). The molecule has 382 valence electrons.